The molecule has 6 atom stereocenters. The number of allylic oxidation sites excluding steroid dienone is 7. The molecule has 0 heterocycles. The molecule has 0 radical (unpaired) electrons. The van der Waals surface area contributed by atoms with Gasteiger partial charge in [-0.2, -0.15) is 0 Å². The fraction of sp³-hybridized carbons (Fsp3) is 0.667. The number of hydrogen-bond donors (Lipinski definition) is 1. The van der Waals surface area contributed by atoms with Gasteiger partial charge in [-0.25, -0.2) is 0 Å². The van der Waals surface area contributed by atoms with Crippen LogP contribution in [-0.2, 0) is 14.3 Å². The van der Waals surface area contributed by atoms with Crippen LogP contribution >= 0.6 is 0 Å². The third-order valence-electron chi connectivity index (χ3n) is 11.6. The van der Waals surface area contributed by atoms with Gasteiger partial charge in [0.25, 0.3) is 0 Å². The summed E-state index contributed by atoms with van der Waals surface area (Å²) in [6, 6.07) is 0. The Kier molecular flexibility index (Phi) is 4.85. The van der Waals surface area contributed by atoms with E-state index in [2.05, 4.69) is 46.8 Å². The van der Waals surface area contributed by atoms with Gasteiger partial charge in [-0.05, 0) is 91.3 Å². The molecule has 0 unspecified atom stereocenters. The Bertz CT molecular complexity index is 1120. The zero-order valence-electron chi connectivity index (χ0n) is 22.1. The van der Waals surface area contributed by atoms with E-state index in [9.17, 15) is 9.59 Å². The maximum absolute atomic E-state index is 12.9. The monoisotopic (exact) mass is 463 g/mol. The maximum atomic E-state index is 12.9. The second kappa shape index (κ2) is 6.98. The molecular weight excluding hydrogens is 422 g/mol. The number of fused-ring (bicyclic) bond motifs is 7. The molecule has 3 saturated carbocycles. The number of ether oxygens (including phenoxy) is 1. The Hall–Kier alpha value is -2.10. The van der Waals surface area contributed by atoms with E-state index in [0.29, 0.717) is 11.7 Å². The number of ketones is 1. The quantitative estimate of drug-likeness (QED) is 0.531. The maximum Gasteiger partial charge on any atom is 0.223 e. The highest BCUT2D eigenvalue weighted by Gasteiger charge is 2.67. The first kappa shape index (κ1) is 23.6. The first-order chi connectivity index (χ1) is 15.8. The van der Waals surface area contributed by atoms with Crippen molar-refractivity contribution in [2.24, 2.45) is 38.7 Å². The minimum atomic E-state index is -0.420. The van der Waals surface area contributed by atoms with Crippen molar-refractivity contribution < 1.29 is 14.3 Å². The van der Waals surface area contributed by atoms with Crippen molar-refractivity contribution in [3.05, 3.63) is 46.3 Å². The normalized spacial score (nSPS) is 45.7. The van der Waals surface area contributed by atoms with Gasteiger partial charge in [-0.15, -0.1) is 0 Å². The van der Waals surface area contributed by atoms with Crippen LogP contribution in [0.3, 0.4) is 0 Å². The molecule has 0 aliphatic heterocycles. The third kappa shape index (κ3) is 2.72. The Balaban J connectivity index is 1.64. The van der Waals surface area contributed by atoms with E-state index in [1.54, 1.807) is 7.11 Å². The average Bonchev–Trinajstić information content (AvgIpc) is 2.77. The van der Waals surface area contributed by atoms with E-state index in [-0.39, 0.29) is 33.4 Å². The lowest BCUT2D eigenvalue weighted by Crippen LogP contribution is -2.62. The first-order valence-electron chi connectivity index (χ1n) is 13.0. The fourth-order valence-electron chi connectivity index (χ4n) is 8.93. The molecule has 4 nitrogen and oxygen atoms in total. The SMILES string of the molecule is COC1=C(C)C2=CC=C3[C@@](C)(CC[C@@]4(C)[C@@H]5C[C@](C)(C(N)=O)CC[C@]5(C)CC[C@]34C)C2=CC1=O. The van der Waals surface area contributed by atoms with Gasteiger partial charge in [-0.1, -0.05) is 52.3 Å². The lowest BCUT2D eigenvalue weighted by atomic mass is 9.34. The number of amides is 1. The van der Waals surface area contributed by atoms with Crippen molar-refractivity contribution in [2.75, 3.05) is 7.11 Å². The zero-order chi connectivity index (χ0) is 24.9. The van der Waals surface area contributed by atoms with Crippen LogP contribution in [0.1, 0.15) is 86.5 Å². The van der Waals surface area contributed by atoms with Crippen LogP contribution in [0.5, 0.6) is 0 Å². The largest absolute Gasteiger partial charge is 0.492 e. The van der Waals surface area contributed by atoms with E-state index in [0.717, 1.165) is 55.2 Å². The summed E-state index contributed by atoms with van der Waals surface area (Å²) in [5, 5.41) is 0. The van der Waals surface area contributed by atoms with E-state index < -0.39 is 5.41 Å². The molecule has 0 aromatic heterocycles. The van der Waals surface area contributed by atoms with Gasteiger partial charge in [0, 0.05) is 16.4 Å². The van der Waals surface area contributed by atoms with Crippen LogP contribution in [0.2, 0.25) is 0 Å². The molecule has 5 aliphatic carbocycles. The molecule has 1 amide bonds. The summed E-state index contributed by atoms with van der Waals surface area (Å²) in [6.07, 6.45) is 13.7. The van der Waals surface area contributed by atoms with Crippen LogP contribution < -0.4 is 5.73 Å². The van der Waals surface area contributed by atoms with Gasteiger partial charge in [-0.3, -0.25) is 9.59 Å². The smallest absolute Gasteiger partial charge is 0.223 e. The molecule has 5 rings (SSSR count). The molecule has 0 spiro atoms. The summed E-state index contributed by atoms with van der Waals surface area (Å²) in [7, 11) is 1.58. The van der Waals surface area contributed by atoms with Crippen molar-refractivity contribution in [3.8, 4) is 0 Å². The molecule has 3 fully saturated rings. The van der Waals surface area contributed by atoms with Gasteiger partial charge < -0.3 is 10.5 Å². The van der Waals surface area contributed by atoms with E-state index in [1.165, 1.54) is 12.0 Å². The molecule has 34 heavy (non-hydrogen) atoms. The number of methoxy groups -OCH3 is 1. The van der Waals surface area contributed by atoms with Crippen molar-refractivity contribution in [1.29, 1.82) is 0 Å². The molecule has 5 aliphatic rings. The minimum absolute atomic E-state index is 0.00510. The van der Waals surface area contributed by atoms with Crippen LogP contribution in [0.15, 0.2) is 46.3 Å². The van der Waals surface area contributed by atoms with Gasteiger partial charge in [0.2, 0.25) is 11.7 Å². The lowest BCUT2D eigenvalue weighted by Gasteiger charge is -2.70. The number of carbonyl (C=O) groups is 2. The number of primary amides is 1. The standard InChI is InChI=1S/C30H41NO3/c1-18-19-8-9-22-28(4,20(19)16-21(32)24(18)34-7)13-15-30(6)23-17-27(3,25(31)33)11-10-26(23,2)12-14-29(22,30)5/h8-9,16,23H,10-15,17H2,1-7H3,(H2,31,33)/t23-,26-,27-,28+,29-,30+/m1/s1. The summed E-state index contributed by atoms with van der Waals surface area (Å²) >= 11 is 0. The van der Waals surface area contributed by atoms with Crippen molar-refractivity contribution in [3.63, 3.8) is 0 Å². The average molecular weight is 464 g/mol. The van der Waals surface area contributed by atoms with Crippen molar-refractivity contribution in [1.82, 2.24) is 0 Å². The number of carbonyl (C=O) groups excluding carboxylic acids is 2. The highest BCUT2D eigenvalue weighted by Crippen LogP contribution is 2.75. The number of rotatable bonds is 2. The predicted octanol–water partition coefficient (Wildman–Crippen LogP) is 6.19. The van der Waals surface area contributed by atoms with Crippen LogP contribution in [0, 0.1) is 33.0 Å². The van der Waals surface area contributed by atoms with Crippen molar-refractivity contribution >= 4 is 11.7 Å². The summed E-state index contributed by atoms with van der Waals surface area (Å²) < 4.78 is 5.45. The molecular formula is C30H41NO3. The van der Waals surface area contributed by atoms with Crippen LogP contribution in [-0.4, -0.2) is 18.8 Å². The minimum Gasteiger partial charge on any atom is -0.492 e. The van der Waals surface area contributed by atoms with Gasteiger partial charge in [0.1, 0.15) is 0 Å². The van der Waals surface area contributed by atoms with E-state index in [4.69, 9.17) is 10.5 Å². The molecule has 184 valence electrons. The second-order valence-corrected chi connectivity index (χ2v) is 13.2. The molecule has 0 saturated heterocycles. The summed E-state index contributed by atoms with van der Waals surface area (Å²) in [5.74, 6) is 0.750. The lowest BCUT2D eigenvalue weighted by molar-refractivity contribution is -0.167. The number of nitrogens with two attached hydrogens (primary N) is 1. The third-order valence-corrected chi connectivity index (χ3v) is 11.6. The fourth-order valence-corrected chi connectivity index (χ4v) is 8.93. The first-order valence-corrected chi connectivity index (χ1v) is 13.0. The summed E-state index contributed by atoms with van der Waals surface area (Å²) in [6.45, 7) is 13.9. The molecule has 0 bridgehead atoms. The number of hydrogen-bond acceptors (Lipinski definition) is 3. The Morgan fingerprint density at radius 3 is 2.32 bits per heavy atom. The highest BCUT2D eigenvalue weighted by atomic mass is 16.5. The zero-order valence-corrected chi connectivity index (χ0v) is 22.1. The van der Waals surface area contributed by atoms with Gasteiger partial charge in [0.05, 0.1) is 7.11 Å². The summed E-state index contributed by atoms with van der Waals surface area (Å²) in [5.41, 5.74) is 10.4. The van der Waals surface area contributed by atoms with E-state index in [1.807, 2.05) is 13.0 Å². The van der Waals surface area contributed by atoms with Gasteiger partial charge in [0.15, 0.2) is 5.76 Å². The van der Waals surface area contributed by atoms with E-state index >= 15 is 0 Å². The molecule has 4 heteroatoms. The molecule has 2 N–H and O–H groups in total. The van der Waals surface area contributed by atoms with Crippen LogP contribution in [0.4, 0.5) is 0 Å². The highest BCUT2D eigenvalue weighted by molar-refractivity contribution is 6.07. The Morgan fingerprint density at radius 2 is 1.68 bits per heavy atom. The predicted molar refractivity (Wildman–Crippen MR) is 135 cm³/mol. The molecule has 0 aromatic rings. The van der Waals surface area contributed by atoms with Gasteiger partial charge >= 0.3 is 0 Å². The molecule has 0 aromatic carbocycles. The van der Waals surface area contributed by atoms with Crippen molar-refractivity contribution in [2.45, 2.75) is 86.5 Å². The Labute approximate surface area is 204 Å². The topological polar surface area (TPSA) is 69.4 Å². The Morgan fingerprint density at radius 1 is 1.00 bits per heavy atom. The second-order valence-electron chi connectivity index (χ2n) is 13.2. The van der Waals surface area contributed by atoms with Crippen LogP contribution in [0.25, 0.3) is 0 Å². The summed E-state index contributed by atoms with van der Waals surface area (Å²) in [4.78, 5) is 25.4.